The molecule has 4 unspecified atom stereocenters. The quantitative estimate of drug-likeness (QED) is 0.777. The van der Waals surface area contributed by atoms with Crippen LogP contribution in [0.1, 0.15) is 46.0 Å². The Labute approximate surface area is 116 Å². The maximum absolute atomic E-state index is 6.11. The zero-order chi connectivity index (χ0) is 13.5. The Morgan fingerprint density at radius 2 is 2.00 bits per heavy atom. The number of nitrogen functional groups attached to an aromatic ring is 1. The van der Waals surface area contributed by atoms with Gasteiger partial charge in [-0.1, -0.05) is 26.0 Å². The molecule has 1 aromatic carbocycles. The second-order valence-electron chi connectivity index (χ2n) is 7.02. The van der Waals surface area contributed by atoms with E-state index < -0.39 is 0 Å². The van der Waals surface area contributed by atoms with Gasteiger partial charge >= 0.3 is 0 Å². The zero-order valence-electron chi connectivity index (χ0n) is 12.2. The molecule has 3 N–H and O–H groups in total. The first-order valence-electron chi connectivity index (χ1n) is 7.71. The maximum Gasteiger partial charge on any atom is 0.0578 e. The third-order valence-corrected chi connectivity index (χ3v) is 5.32. The number of benzene rings is 1. The van der Waals surface area contributed by atoms with Crippen molar-refractivity contribution in [3.05, 3.63) is 24.3 Å². The number of hydrogen-bond donors (Lipinski definition) is 2. The molecule has 19 heavy (non-hydrogen) atoms. The van der Waals surface area contributed by atoms with Gasteiger partial charge in [0.2, 0.25) is 0 Å². The van der Waals surface area contributed by atoms with E-state index in [1.807, 2.05) is 12.1 Å². The fourth-order valence-corrected chi connectivity index (χ4v) is 4.50. The predicted molar refractivity (Wildman–Crippen MR) is 82.1 cm³/mol. The van der Waals surface area contributed by atoms with Crippen molar-refractivity contribution in [3.8, 4) is 0 Å². The van der Waals surface area contributed by atoms with E-state index in [-0.39, 0.29) is 5.54 Å². The zero-order valence-corrected chi connectivity index (χ0v) is 12.2. The molecule has 104 valence electrons. The van der Waals surface area contributed by atoms with Crippen LogP contribution < -0.4 is 11.1 Å². The van der Waals surface area contributed by atoms with Gasteiger partial charge < -0.3 is 11.1 Å². The molecule has 2 nitrogen and oxygen atoms in total. The van der Waals surface area contributed by atoms with Gasteiger partial charge in [0.25, 0.3) is 0 Å². The predicted octanol–water partition coefficient (Wildman–Crippen LogP) is 4.29. The van der Waals surface area contributed by atoms with Crippen LogP contribution in [0.2, 0.25) is 0 Å². The van der Waals surface area contributed by atoms with Crippen LogP contribution in [0.3, 0.4) is 0 Å². The first-order chi connectivity index (χ1) is 9.08. The molecule has 3 aliphatic carbocycles. The van der Waals surface area contributed by atoms with Crippen LogP contribution in [0.5, 0.6) is 0 Å². The molecule has 0 aromatic heterocycles. The van der Waals surface area contributed by atoms with E-state index in [1.165, 1.54) is 32.1 Å². The Morgan fingerprint density at radius 1 is 1.21 bits per heavy atom. The van der Waals surface area contributed by atoms with Gasteiger partial charge in [0.1, 0.15) is 0 Å². The largest absolute Gasteiger partial charge is 0.397 e. The van der Waals surface area contributed by atoms with Crippen molar-refractivity contribution >= 4 is 11.4 Å². The highest BCUT2D eigenvalue weighted by atomic mass is 15.0. The molecular weight excluding hydrogens is 232 g/mol. The third-order valence-electron chi connectivity index (χ3n) is 5.32. The maximum atomic E-state index is 6.11. The highest BCUT2D eigenvalue weighted by molar-refractivity contribution is 5.66. The summed E-state index contributed by atoms with van der Waals surface area (Å²) in [6, 6.07) is 8.20. The summed E-state index contributed by atoms with van der Waals surface area (Å²) in [5.74, 6) is 2.62. The van der Waals surface area contributed by atoms with Crippen LogP contribution in [0, 0.1) is 17.8 Å². The fraction of sp³-hybridized carbons (Fsp3) is 0.647. The molecule has 3 fully saturated rings. The van der Waals surface area contributed by atoms with Crippen LogP contribution in [-0.4, -0.2) is 5.54 Å². The number of fused-ring (bicyclic) bond motifs is 4. The van der Waals surface area contributed by atoms with E-state index in [0.29, 0.717) is 0 Å². The normalized spacial score (nSPS) is 37.9. The van der Waals surface area contributed by atoms with Crippen molar-refractivity contribution in [1.82, 2.24) is 0 Å². The van der Waals surface area contributed by atoms with Crippen molar-refractivity contribution in [2.24, 2.45) is 17.8 Å². The van der Waals surface area contributed by atoms with Crippen LogP contribution in [0.15, 0.2) is 24.3 Å². The van der Waals surface area contributed by atoms with E-state index in [4.69, 9.17) is 5.73 Å². The molecule has 2 heteroatoms. The number of hydrogen-bond acceptors (Lipinski definition) is 2. The number of para-hydroxylation sites is 2. The van der Waals surface area contributed by atoms with E-state index in [0.717, 1.165) is 29.1 Å². The molecular formula is C17H26N2. The SMILES string of the molecule is CC1CC2CCC(Nc3ccccc3N)(C1)CC2C. The van der Waals surface area contributed by atoms with E-state index >= 15 is 0 Å². The molecule has 0 aliphatic heterocycles. The lowest BCUT2D eigenvalue weighted by Gasteiger charge is -2.42. The summed E-state index contributed by atoms with van der Waals surface area (Å²) in [7, 11) is 0. The van der Waals surface area contributed by atoms with Crippen molar-refractivity contribution < 1.29 is 0 Å². The van der Waals surface area contributed by atoms with Gasteiger partial charge in [-0.05, 0) is 62.0 Å². The first-order valence-corrected chi connectivity index (χ1v) is 7.71. The molecule has 3 aliphatic rings. The standard InChI is InChI=1S/C17H26N2/c1-12-9-14-7-8-17(10-12,11-13(14)2)19-16-6-4-3-5-15(16)18/h3-6,12-14,19H,7-11,18H2,1-2H3. The molecule has 2 bridgehead atoms. The molecule has 3 saturated carbocycles. The summed E-state index contributed by atoms with van der Waals surface area (Å²) >= 11 is 0. The van der Waals surface area contributed by atoms with Crippen molar-refractivity contribution in [2.75, 3.05) is 11.1 Å². The Bertz CT molecular complexity index is 452. The average molecular weight is 258 g/mol. The second-order valence-corrected chi connectivity index (χ2v) is 7.02. The Balaban J connectivity index is 1.87. The highest BCUT2D eigenvalue weighted by Crippen LogP contribution is 2.49. The fourth-order valence-electron chi connectivity index (χ4n) is 4.50. The van der Waals surface area contributed by atoms with E-state index in [2.05, 4.69) is 31.3 Å². The molecule has 0 heterocycles. The van der Waals surface area contributed by atoms with Crippen molar-refractivity contribution in [3.63, 3.8) is 0 Å². The lowest BCUT2D eigenvalue weighted by molar-refractivity contribution is 0.204. The van der Waals surface area contributed by atoms with Crippen molar-refractivity contribution in [1.29, 1.82) is 0 Å². The molecule has 4 rings (SSSR count). The lowest BCUT2D eigenvalue weighted by Crippen LogP contribution is -2.43. The third kappa shape index (κ3) is 2.45. The summed E-state index contributed by atoms with van der Waals surface area (Å²) < 4.78 is 0. The minimum absolute atomic E-state index is 0.279. The van der Waals surface area contributed by atoms with E-state index in [1.54, 1.807) is 0 Å². The number of nitrogens with two attached hydrogens (primary N) is 1. The topological polar surface area (TPSA) is 38.0 Å². The first kappa shape index (κ1) is 12.8. The van der Waals surface area contributed by atoms with Crippen LogP contribution in [0.4, 0.5) is 11.4 Å². The smallest absolute Gasteiger partial charge is 0.0578 e. The van der Waals surface area contributed by atoms with E-state index in [9.17, 15) is 0 Å². The van der Waals surface area contributed by atoms with Gasteiger partial charge in [-0.25, -0.2) is 0 Å². The Morgan fingerprint density at radius 3 is 2.74 bits per heavy atom. The summed E-state index contributed by atoms with van der Waals surface area (Å²) in [4.78, 5) is 0. The van der Waals surface area contributed by atoms with Gasteiger partial charge in [-0.3, -0.25) is 0 Å². The van der Waals surface area contributed by atoms with Crippen LogP contribution in [0.25, 0.3) is 0 Å². The average Bonchev–Trinajstić information content (AvgIpc) is 2.58. The molecule has 4 atom stereocenters. The van der Waals surface area contributed by atoms with Crippen LogP contribution >= 0.6 is 0 Å². The highest BCUT2D eigenvalue weighted by Gasteiger charge is 2.43. The molecule has 0 radical (unpaired) electrons. The molecule has 0 amide bonds. The minimum Gasteiger partial charge on any atom is -0.397 e. The van der Waals surface area contributed by atoms with Gasteiger partial charge in [-0.15, -0.1) is 0 Å². The van der Waals surface area contributed by atoms with Gasteiger partial charge in [-0.2, -0.15) is 0 Å². The summed E-state index contributed by atoms with van der Waals surface area (Å²) in [5.41, 5.74) is 8.39. The Kier molecular flexibility index (Phi) is 3.20. The number of anilines is 2. The molecule has 0 spiro atoms. The number of rotatable bonds is 2. The summed E-state index contributed by atoms with van der Waals surface area (Å²) in [5, 5.41) is 3.83. The number of nitrogens with one attached hydrogen (secondary N) is 1. The Hall–Kier alpha value is -1.18. The lowest BCUT2D eigenvalue weighted by atomic mass is 9.72. The molecule has 0 saturated heterocycles. The van der Waals surface area contributed by atoms with Gasteiger partial charge in [0, 0.05) is 5.54 Å². The second kappa shape index (κ2) is 4.73. The molecule has 1 aromatic rings. The summed E-state index contributed by atoms with van der Waals surface area (Å²) in [6.07, 6.45) is 6.69. The van der Waals surface area contributed by atoms with Gasteiger partial charge in [0.15, 0.2) is 0 Å². The minimum atomic E-state index is 0.279. The van der Waals surface area contributed by atoms with Gasteiger partial charge in [0.05, 0.1) is 11.4 Å². The van der Waals surface area contributed by atoms with Crippen molar-refractivity contribution in [2.45, 2.75) is 51.5 Å². The monoisotopic (exact) mass is 258 g/mol. The van der Waals surface area contributed by atoms with Crippen LogP contribution in [-0.2, 0) is 0 Å². The summed E-state index contributed by atoms with van der Waals surface area (Å²) in [6.45, 7) is 4.85.